The first-order chi connectivity index (χ1) is 13.2. The van der Waals surface area contributed by atoms with Gasteiger partial charge in [0.15, 0.2) is 5.96 Å². The zero-order chi connectivity index (χ0) is 19.1. The van der Waals surface area contributed by atoms with E-state index in [-0.39, 0.29) is 0 Å². The Balaban J connectivity index is 1.44. The molecule has 1 atom stereocenters. The number of hydrogen-bond donors (Lipinski definition) is 2. The van der Waals surface area contributed by atoms with Crippen LogP contribution in [0.2, 0.25) is 0 Å². The average Bonchev–Trinajstić information content (AvgIpc) is 3.26. The fraction of sp³-hybridized carbons (Fsp3) is 0.550. The molecule has 1 saturated heterocycles. The highest BCUT2D eigenvalue weighted by molar-refractivity contribution is 5.79. The molecule has 1 unspecified atom stereocenters. The first-order valence-electron chi connectivity index (χ1n) is 9.66. The Kier molecular flexibility index (Phi) is 6.68. The maximum atomic E-state index is 5.23. The lowest BCUT2D eigenvalue weighted by Gasteiger charge is -2.33. The summed E-state index contributed by atoms with van der Waals surface area (Å²) in [6, 6.07) is 8.34. The van der Waals surface area contributed by atoms with Crippen molar-refractivity contribution in [1.29, 1.82) is 0 Å². The molecule has 2 heterocycles. The Hall–Kier alpha value is -2.57. The number of aliphatic imine (C=N–C) groups is 1. The summed E-state index contributed by atoms with van der Waals surface area (Å²) in [7, 11) is 3.56. The Labute approximate surface area is 161 Å². The van der Waals surface area contributed by atoms with E-state index in [0.717, 1.165) is 56.4 Å². The molecular formula is C20H30N6O. The summed E-state index contributed by atoms with van der Waals surface area (Å²) in [4.78, 5) is 11.1. The summed E-state index contributed by atoms with van der Waals surface area (Å²) >= 11 is 0. The third-order valence-electron chi connectivity index (χ3n) is 5.37. The van der Waals surface area contributed by atoms with Crippen LogP contribution in [0.4, 0.5) is 0 Å². The molecule has 1 aromatic carbocycles. The van der Waals surface area contributed by atoms with Gasteiger partial charge in [0.1, 0.15) is 17.9 Å². The zero-order valence-electron chi connectivity index (χ0n) is 16.5. The summed E-state index contributed by atoms with van der Waals surface area (Å²) in [5.74, 6) is 3.85. The van der Waals surface area contributed by atoms with Crippen molar-refractivity contribution in [2.75, 3.05) is 33.8 Å². The van der Waals surface area contributed by atoms with Gasteiger partial charge in [0.05, 0.1) is 7.11 Å². The molecule has 0 amide bonds. The number of nitrogens with one attached hydrogen (secondary N) is 2. The van der Waals surface area contributed by atoms with Crippen LogP contribution in [0.1, 0.15) is 49.4 Å². The van der Waals surface area contributed by atoms with Gasteiger partial charge in [-0.2, -0.15) is 5.10 Å². The first kappa shape index (κ1) is 19.2. The quantitative estimate of drug-likeness (QED) is 0.604. The van der Waals surface area contributed by atoms with Crippen LogP contribution in [0.25, 0.3) is 0 Å². The number of aromatic nitrogens is 3. The van der Waals surface area contributed by atoms with Crippen LogP contribution in [-0.4, -0.2) is 59.8 Å². The molecular weight excluding hydrogens is 340 g/mol. The van der Waals surface area contributed by atoms with Crippen molar-refractivity contribution >= 4 is 5.96 Å². The number of piperidine rings is 1. The van der Waals surface area contributed by atoms with Crippen LogP contribution in [0.15, 0.2) is 35.6 Å². The van der Waals surface area contributed by atoms with Gasteiger partial charge in [-0.3, -0.25) is 10.1 Å². The molecule has 7 nitrogen and oxygen atoms in total. The summed E-state index contributed by atoms with van der Waals surface area (Å²) in [6.45, 7) is 5.13. The first-order valence-corrected chi connectivity index (χ1v) is 9.66. The monoisotopic (exact) mass is 370 g/mol. The molecule has 0 spiro atoms. The van der Waals surface area contributed by atoms with Crippen molar-refractivity contribution in [3.8, 4) is 5.75 Å². The standard InChI is InChI=1S/C20H30N6O/c1-15(16-4-6-18(27-3)7-5-16)8-11-22-20(21-2)26-12-9-17(10-13-26)19-23-14-24-25-19/h4-7,14-15,17H,8-13H2,1-3H3,(H,21,22)(H,23,24,25). The maximum Gasteiger partial charge on any atom is 0.193 e. The van der Waals surface area contributed by atoms with Crippen LogP contribution >= 0.6 is 0 Å². The Morgan fingerprint density at radius 2 is 2.07 bits per heavy atom. The highest BCUT2D eigenvalue weighted by Crippen LogP contribution is 2.25. The van der Waals surface area contributed by atoms with Gasteiger partial charge in [0, 0.05) is 32.6 Å². The van der Waals surface area contributed by atoms with Crippen LogP contribution in [0.5, 0.6) is 5.75 Å². The topological polar surface area (TPSA) is 78.4 Å². The minimum atomic E-state index is 0.469. The number of guanidine groups is 1. The van der Waals surface area contributed by atoms with Gasteiger partial charge in [-0.25, -0.2) is 4.98 Å². The molecule has 1 aromatic heterocycles. The highest BCUT2D eigenvalue weighted by Gasteiger charge is 2.24. The predicted octanol–water partition coefficient (Wildman–Crippen LogP) is 2.76. The van der Waals surface area contributed by atoms with Crippen LogP contribution in [0.3, 0.4) is 0 Å². The molecule has 0 aliphatic carbocycles. The number of rotatable bonds is 6. The number of H-pyrrole nitrogens is 1. The second-order valence-electron chi connectivity index (χ2n) is 7.07. The fourth-order valence-electron chi connectivity index (χ4n) is 3.61. The van der Waals surface area contributed by atoms with E-state index in [2.05, 4.69) is 49.4 Å². The van der Waals surface area contributed by atoms with E-state index >= 15 is 0 Å². The molecule has 1 fully saturated rings. The number of ether oxygens (including phenoxy) is 1. The lowest BCUT2D eigenvalue weighted by molar-refractivity contribution is 0.298. The third-order valence-corrected chi connectivity index (χ3v) is 5.37. The van der Waals surface area contributed by atoms with E-state index in [0.29, 0.717) is 11.8 Å². The molecule has 2 aromatic rings. The number of methoxy groups -OCH3 is 1. The van der Waals surface area contributed by atoms with Crippen LogP contribution in [0, 0.1) is 0 Å². The number of nitrogens with zero attached hydrogens (tertiary/aromatic N) is 4. The second-order valence-corrected chi connectivity index (χ2v) is 7.07. The molecule has 7 heteroatoms. The van der Waals surface area contributed by atoms with Gasteiger partial charge in [-0.1, -0.05) is 19.1 Å². The molecule has 146 valence electrons. The summed E-state index contributed by atoms with van der Waals surface area (Å²) in [6.07, 6.45) is 4.78. The predicted molar refractivity (Wildman–Crippen MR) is 107 cm³/mol. The largest absolute Gasteiger partial charge is 0.497 e. The van der Waals surface area contributed by atoms with Crippen LogP contribution < -0.4 is 10.1 Å². The normalized spacial score (nSPS) is 17.0. The lowest BCUT2D eigenvalue weighted by atomic mass is 9.96. The van der Waals surface area contributed by atoms with Crippen molar-refractivity contribution in [2.45, 2.75) is 38.0 Å². The van der Waals surface area contributed by atoms with Crippen molar-refractivity contribution in [1.82, 2.24) is 25.4 Å². The summed E-state index contributed by atoms with van der Waals surface area (Å²) in [5.41, 5.74) is 1.33. The number of benzene rings is 1. The summed E-state index contributed by atoms with van der Waals surface area (Å²) < 4.78 is 5.23. The van der Waals surface area contributed by atoms with Gasteiger partial charge < -0.3 is 15.0 Å². The molecule has 1 aliphatic rings. The Morgan fingerprint density at radius 3 is 2.67 bits per heavy atom. The molecule has 27 heavy (non-hydrogen) atoms. The van der Waals surface area contributed by atoms with Gasteiger partial charge in [-0.05, 0) is 42.9 Å². The van der Waals surface area contributed by atoms with Crippen molar-refractivity contribution in [3.63, 3.8) is 0 Å². The number of likely N-dealkylation sites (tertiary alicyclic amines) is 1. The molecule has 3 rings (SSSR count). The Morgan fingerprint density at radius 1 is 1.33 bits per heavy atom. The number of aromatic amines is 1. The van der Waals surface area contributed by atoms with E-state index in [4.69, 9.17) is 4.74 Å². The van der Waals surface area contributed by atoms with E-state index in [1.54, 1.807) is 13.4 Å². The smallest absolute Gasteiger partial charge is 0.193 e. The third kappa shape index (κ3) is 4.99. The molecule has 1 aliphatic heterocycles. The summed E-state index contributed by atoms with van der Waals surface area (Å²) in [5, 5.41) is 10.5. The second kappa shape index (κ2) is 9.39. The van der Waals surface area contributed by atoms with Gasteiger partial charge in [0.2, 0.25) is 0 Å². The SMILES string of the molecule is CN=C(NCCC(C)c1ccc(OC)cc1)N1CCC(c2ncn[nH]2)CC1. The van der Waals surface area contributed by atoms with Gasteiger partial charge in [-0.15, -0.1) is 0 Å². The number of hydrogen-bond acceptors (Lipinski definition) is 4. The fourth-order valence-corrected chi connectivity index (χ4v) is 3.61. The zero-order valence-corrected chi connectivity index (χ0v) is 16.5. The minimum Gasteiger partial charge on any atom is -0.497 e. The van der Waals surface area contributed by atoms with E-state index in [9.17, 15) is 0 Å². The molecule has 2 N–H and O–H groups in total. The molecule has 0 bridgehead atoms. The van der Waals surface area contributed by atoms with E-state index in [1.165, 1.54) is 5.56 Å². The van der Waals surface area contributed by atoms with E-state index in [1.807, 2.05) is 19.2 Å². The van der Waals surface area contributed by atoms with Gasteiger partial charge >= 0.3 is 0 Å². The molecule has 0 radical (unpaired) electrons. The highest BCUT2D eigenvalue weighted by atomic mass is 16.5. The van der Waals surface area contributed by atoms with Crippen LogP contribution in [-0.2, 0) is 0 Å². The molecule has 0 saturated carbocycles. The average molecular weight is 371 g/mol. The van der Waals surface area contributed by atoms with Gasteiger partial charge in [0.25, 0.3) is 0 Å². The van der Waals surface area contributed by atoms with Crippen molar-refractivity contribution in [2.24, 2.45) is 4.99 Å². The Bertz CT molecular complexity index is 705. The minimum absolute atomic E-state index is 0.469. The van der Waals surface area contributed by atoms with E-state index < -0.39 is 0 Å². The van der Waals surface area contributed by atoms with Crippen molar-refractivity contribution in [3.05, 3.63) is 42.0 Å². The lowest BCUT2D eigenvalue weighted by Crippen LogP contribution is -2.45. The van der Waals surface area contributed by atoms with Crippen molar-refractivity contribution < 1.29 is 4.74 Å². The maximum absolute atomic E-state index is 5.23.